The summed E-state index contributed by atoms with van der Waals surface area (Å²) in [6.45, 7) is 3.62. The van der Waals surface area contributed by atoms with E-state index in [9.17, 15) is 19.7 Å². The van der Waals surface area contributed by atoms with Gasteiger partial charge in [-0.2, -0.15) is 0 Å². The fourth-order valence-corrected chi connectivity index (χ4v) is 3.82. The average Bonchev–Trinajstić information content (AvgIpc) is 2.83. The molecule has 3 rings (SSSR count). The Balaban J connectivity index is 1.44. The number of amides is 1. The number of anilines is 1. The maximum atomic E-state index is 12.5. The van der Waals surface area contributed by atoms with E-state index in [1.54, 1.807) is 25.2 Å². The van der Waals surface area contributed by atoms with E-state index < -0.39 is 10.9 Å². The molecule has 9 heteroatoms. The van der Waals surface area contributed by atoms with E-state index in [1.807, 2.05) is 36.1 Å². The number of nitro groups is 1. The lowest BCUT2D eigenvalue weighted by Crippen LogP contribution is -2.38. The van der Waals surface area contributed by atoms with Crippen LogP contribution in [0, 0.1) is 16.0 Å². The van der Waals surface area contributed by atoms with Crippen molar-refractivity contribution < 1.29 is 24.0 Å². The van der Waals surface area contributed by atoms with E-state index in [4.69, 9.17) is 9.47 Å². The summed E-state index contributed by atoms with van der Waals surface area (Å²) in [4.78, 5) is 39.2. The number of carbonyl (C=O) groups excluding carboxylic acids is 2. The van der Waals surface area contributed by atoms with Crippen molar-refractivity contribution in [3.05, 3.63) is 64.2 Å². The first kappa shape index (κ1) is 24.0. The molecule has 0 saturated carbocycles. The van der Waals surface area contributed by atoms with Crippen molar-refractivity contribution in [3.63, 3.8) is 0 Å². The third kappa shape index (κ3) is 6.44. The number of hydrogen-bond donors (Lipinski definition) is 0. The summed E-state index contributed by atoms with van der Waals surface area (Å²) in [6.07, 6.45) is 1.03. The fourth-order valence-electron chi connectivity index (χ4n) is 3.82. The highest BCUT2D eigenvalue weighted by molar-refractivity contribution is 5.81. The molecule has 33 heavy (non-hydrogen) atoms. The van der Waals surface area contributed by atoms with Crippen LogP contribution in [0.2, 0.25) is 0 Å². The highest BCUT2D eigenvalue weighted by Gasteiger charge is 2.29. The van der Waals surface area contributed by atoms with Gasteiger partial charge in [0.15, 0.2) is 6.61 Å². The smallest absolute Gasteiger partial charge is 0.309 e. The number of hydrogen-bond acceptors (Lipinski definition) is 7. The average molecular weight is 456 g/mol. The van der Waals surface area contributed by atoms with Gasteiger partial charge < -0.3 is 19.3 Å². The second-order valence-electron chi connectivity index (χ2n) is 7.94. The van der Waals surface area contributed by atoms with Gasteiger partial charge in [0, 0.05) is 32.7 Å². The Kier molecular flexibility index (Phi) is 8.23. The summed E-state index contributed by atoms with van der Waals surface area (Å²) in [5.74, 6) is -0.236. The first-order chi connectivity index (χ1) is 15.9. The minimum absolute atomic E-state index is 0.0553. The van der Waals surface area contributed by atoms with Crippen LogP contribution in [0.4, 0.5) is 11.4 Å². The molecule has 0 radical (unpaired) electrons. The zero-order chi connectivity index (χ0) is 23.8. The van der Waals surface area contributed by atoms with Crippen LogP contribution in [-0.4, -0.2) is 55.1 Å². The summed E-state index contributed by atoms with van der Waals surface area (Å²) in [5.41, 5.74) is 1.56. The molecule has 1 amide bonds. The van der Waals surface area contributed by atoms with Crippen molar-refractivity contribution in [3.8, 4) is 5.75 Å². The highest BCUT2D eigenvalue weighted by Crippen LogP contribution is 2.31. The van der Waals surface area contributed by atoms with Crippen molar-refractivity contribution in [1.82, 2.24) is 4.90 Å². The Morgan fingerprint density at radius 1 is 1.12 bits per heavy atom. The predicted molar refractivity (Wildman–Crippen MR) is 123 cm³/mol. The van der Waals surface area contributed by atoms with E-state index in [0.29, 0.717) is 44.8 Å². The Hall–Kier alpha value is -3.62. The van der Waals surface area contributed by atoms with Gasteiger partial charge in [-0.25, -0.2) is 0 Å². The number of benzene rings is 2. The van der Waals surface area contributed by atoms with Gasteiger partial charge in [-0.15, -0.1) is 0 Å². The first-order valence-corrected chi connectivity index (χ1v) is 11.0. The summed E-state index contributed by atoms with van der Waals surface area (Å²) in [7, 11) is 1.66. The lowest BCUT2D eigenvalue weighted by molar-refractivity contribution is -0.384. The largest absolute Gasteiger partial charge is 0.494 e. The van der Waals surface area contributed by atoms with Crippen molar-refractivity contribution in [2.75, 3.05) is 38.3 Å². The number of esters is 1. The number of para-hydroxylation sites is 2. The number of likely N-dealkylation sites (N-methyl/N-ethyl adjacent to an activating group) is 1. The molecular weight excluding hydrogens is 426 g/mol. The standard InChI is InChI=1S/C24H29N3O6/c1-3-32-20-10-8-18(9-11-20)16-25(2)23(28)17-33-24(29)19-12-14-26(15-13-19)21-6-4-5-7-22(21)27(30)31/h4-11,19H,3,12-17H2,1-2H3. The molecule has 1 saturated heterocycles. The Labute approximate surface area is 193 Å². The predicted octanol–water partition coefficient (Wildman–Crippen LogP) is 3.41. The molecule has 9 nitrogen and oxygen atoms in total. The lowest BCUT2D eigenvalue weighted by atomic mass is 9.96. The van der Waals surface area contributed by atoms with Gasteiger partial charge in [0.2, 0.25) is 0 Å². The molecule has 0 bridgehead atoms. The number of rotatable bonds is 9. The van der Waals surface area contributed by atoms with Crippen molar-refractivity contribution in [2.45, 2.75) is 26.3 Å². The topological polar surface area (TPSA) is 102 Å². The highest BCUT2D eigenvalue weighted by atomic mass is 16.6. The van der Waals surface area contributed by atoms with Crippen molar-refractivity contribution in [1.29, 1.82) is 0 Å². The third-order valence-electron chi connectivity index (χ3n) is 5.67. The van der Waals surface area contributed by atoms with Crippen LogP contribution in [0.25, 0.3) is 0 Å². The van der Waals surface area contributed by atoms with E-state index in [2.05, 4.69) is 0 Å². The minimum Gasteiger partial charge on any atom is -0.494 e. The number of ether oxygens (including phenoxy) is 2. The third-order valence-corrected chi connectivity index (χ3v) is 5.67. The molecule has 0 aliphatic carbocycles. The van der Waals surface area contributed by atoms with E-state index in [0.717, 1.165) is 11.3 Å². The number of nitrogens with zero attached hydrogens (tertiary/aromatic N) is 3. The first-order valence-electron chi connectivity index (χ1n) is 11.0. The Bertz CT molecular complexity index is 970. The number of nitro benzene ring substituents is 1. The van der Waals surface area contributed by atoms with E-state index >= 15 is 0 Å². The van der Waals surface area contributed by atoms with Gasteiger partial charge in [0.05, 0.1) is 17.4 Å². The van der Waals surface area contributed by atoms with E-state index in [-0.39, 0.29) is 24.1 Å². The normalized spacial score (nSPS) is 13.9. The maximum Gasteiger partial charge on any atom is 0.309 e. The monoisotopic (exact) mass is 455 g/mol. The summed E-state index contributed by atoms with van der Waals surface area (Å²) >= 11 is 0. The molecule has 0 aromatic heterocycles. The van der Waals surface area contributed by atoms with Crippen molar-refractivity contribution >= 4 is 23.3 Å². The van der Waals surface area contributed by atoms with Crippen LogP contribution in [0.3, 0.4) is 0 Å². The summed E-state index contributed by atoms with van der Waals surface area (Å²) in [5, 5.41) is 11.3. The molecule has 0 unspecified atom stereocenters. The number of piperidine rings is 1. The van der Waals surface area contributed by atoms with Gasteiger partial charge in [0.1, 0.15) is 11.4 Å². The van der Waals surface area contributed by atoms with Crippen LogP contribution < -0.4 is 9.64 Å². The number of carbonyl (C=O) groups is 2. The van der Waals surface area contributed by atoms with Crippen LogP contribution >= 0.6 is 0 Å². The molecule has 1 aliphatic rings. The molecule has 0 N–H and O–H groups in total. The zero-order valence-corrected chi connectivity index (χ0v) is 18.9. The zero-order valence-electron chi connectivity index (χ0n) is 18.9. The Morgan fingerprint density at radius 2 is 1.79 bits per heavy atom. The molecular formula is C24H29N3O6. The molecule has 1 aliphatic heterocycles. The van der Waals surface area contributed by atoms with E-state index in [1.165, 1.54) is 11.0 Å². The SMILES string of the molecule is CCOc1ccc(CN(C)C(=O)COC(=O)C2CCN(c3ccccc3[N+](=O)[O-])CC2)cc1. The quantitative estimate of drug-likeness (QED) is 0.324. The molecule has 0 atom stereocenters. The summed E-state index contributed by atoms with van der Waals surface area (Å²) < 4.78 is 10.7. The van der Waals surface area contributed by atoms with Gasteiger partial charge in [0.25, 0.3) is 11.6 Å². The molecule has 2 aromatic carbocycles. The molecule has 176 valence electrons. The molecule has 1 fully saturated rings. The Morgan fingerprint density at radius 3 is 2.42 bits per heavy atom. The van der Waals surface area contributed by atoms with Crippen LogP contribution in [0.1, 0.15) is 25.3 Å². The van der Waals surface area contributed by atoms with Gasteiger partial charge in [-0.3, -0.25) is 19.7 Å². The summed E-state index contributed by atoms with van der Waals surface area (Å²) in [6, 6.07) is 14.1. The van der Waals surface area contributed by atoms with Gasteiger partial charge >= 0.3 is 5.97 Å². The van der Waals surface area contributed by atoms with Crippen LogP contribution in [0.15, 0.2) is 48.5 Å². The van der Waals surface area contributed by atoms with Gasteiger partial charge in [-0.05, 0) is 43.5 Å². The fraction of sp³-hybridized carbons (Fsp3) is 0.417. The van der Waals surface area contributed by atoms with Crippen molar-refractivity contribution in [2.24, 2.45) is 5.92 Å². The molecule has 0 spiro atoms. The molecule has 2 aromatic rings. The minimum atomic E-state index is -0.403. The van der Waals surface area contributed by atoms with Gasteiger partial charge in [-0.1, -0.05) is 24.3 Å². The second kappa shape index (κ2) is 11.3. The maximum absolute atomic E-state index is 12.5. The second-order valence-corrected chi connectivity index (χ2v) is 7.94. The lowest BCUT2D eigenvalue weighted by Gasteiger charge is -2.32. The molecule has 1 heterocycles. The van der Waals surface area contributed by atoms with Crippen LogP contribution in [-0.2, 0) is 20.9 Å². The van der Waals surface area contributed by atoms with Crippen LogP contribution in [0.5, 0.6) is 5.75 Å².